The smallest absolute Gasteiger partial charge is 0.260 e. The van der Waals surface area contributed by atoms with Crippen molar-refractivity contribution in [3.8, 4) is 5.75 Å². The van der Waals surface area contributed by atoms with Gasteiger partial charge >= 0.3 is 0 Å². The molecule has 1 heterocycles. The summed E-state index contributed by atoms with van der Waals surface area (Å²) in [5.74, 6) is 1.35. The second kappa shape index (κ2) is 7.46. The molecule has 0 N–H and O–H groups in total. The summed E-state index contributed by atoms with van der Waals surface area (Å²) in [6.07, 6.45) is 2.18. The molecule has 0 radical (unpaired) electrons. The van der Waals surface area contributed by atoms with E-state index in [-0.39, 0.29) is 12.5 Å². The number of aryl methyl sites for hydroxylation is 2. The number of piperidine rings is 1. The van der Waals surface area contributed by atoms with Crippen LogP contribution in [0.4, 0.5) is 0 Å². The van der Waals surface area contributed by atoms with Crippen molar-refractivity contribution in [3.63, 3.8) is 0 Å². The average Bonchev–Trinajstić information content (AvgIpc) is 2.47. The lowest BCUT2D eigenvalue weighted by molar-refractivity contribution is -0.135. The second-order valence-corrected chi connectivity index (χ2v) is 5.81. The fraction of sp³-hybridized carbons (Fsp3) is 0.588. The lowest BCUT2D eigenvalue weighted by Crippen LogP contribution is -2.43. The standard InChI is InChI=1S/C17H25NO3/c1-13-6-4-7-14(2)17(13)21-12-16(19)18-9-5-8-15(10-18)11-20-3/h4,6-7,15H,5,8-12H2,1-3H3. The van der Waals surface area contributed by atoms with Gasteiger partial charge in [-0.3, -0.25) is 4.79 Å². The molecular formula is C17H25NO3. The zero-order valence-corrected chi connectivity index (χ0v) is 13.2. The first kappa shape index (κ1) is 15.8. The highest BCUT2D eigenvalue weighted by atomic mass is 16.5. The summed E-state index contributed by atoms with van der Waals surface area (Å²) in [5, 5.41) is 0. The summed E-state index contributed by atoms with van der Waals surface area (Å²) in [5.41, 5.74) is 2.14. The second-order valence-electron chi connectivity index (χ2n) is 5.81. The van der Waals surface area contributed by atoms with Crippen LogP contribution in [0.5, 0.6) is 5.75 Å². The van der Waals surface area contributed by atoms with Crippen LogP contribution in [0.25, 0.3) is 0 Å². The number of likely N-dealkylation sites (tertiary alicyclic amines) is 1. The van der Waals surface area contributed by atoms with E-state index >= 15 is 0 Å². The highest BCUT2D eigenvalue weighted by Crippen LogP contribution is 2.23. The molecule has 0 aliphatic carbocycles. The van der Waals surface area contributed by atoms with Crippen molar-refractivity contribution in [2.24, 2.45) is 5.92 Å². The normalized spacial score (nSPS) is 18.6. The molecule has 1 aliphatic heterocycles. The molecule has 1 amide bonds. The Kier molecular flexibility index (Phi) is 5.62. The first-order chi connectivity index (χ1) is 10.1. The number of rotatable bonds is 5. The summed E-state index contributed by atoms with van der Waals surface area (Å²) < 4.78 is 11.0. The number of ether oxygens (including phenoxy) is 2. The molecule has 0 saturated carbocycles. The largest absolute Gasteiger partial charge is 0.483 e. The van der Waals surface area contributed by atoms with E-state index in [2.05, 4.69) is 0 Å². The molecule has 2 rings (SSSR count). The Morgan fingerprint density at radius 2 is 2.05 bits per heavy atom. The van der Waals surface area contributed by atoms with Crippen LogP contribution in [-0.4, -0.2) is 44.2 Å². The van der Waals surface area contributed by atoms with Crippen molar-refractivity contribution in [1.29, 1.82) is 0 Å². The fourth-order valence-corrected chi connectivity index (χ4v) is 2.92. The molecule has 4 nitrogen and oxygen atoms in total. The molecule has 4 heteroatoms. The van der Waals surface area contributed by atoms with E-state index in [4.69, 9.17) is 9.47 Å². The monoisotopic (exact) mass is 291 g/mol. The lowest BCUT2D eigenvalue weighted by Gasteiger charge is -2.32. The summed E-state index contributed by atoms with van der Waals surface area (Å²) in [7, 11) is 1.71. The molecule has 1 atom stereocenters. The van der Waals surface area contributed by atoms with Gasteiger partial charge in [0, 0.05) is 20.2 Å². The summed E-state index contributed by atoms with van der Waals surface area (Å²) in [6, 6.07) is 6.00. The van der Waals surface area contributed by atoms with E-state index in [9.17, 15) is 4.79 Å². The quantitative estimate of drug-likeness (QED) is 0.837. The van der Waals surface area contributed by atoms with Gasteiger partial charge in [0.2, 0.25) is 0 Å². The number of carbonyl (C=O) groups is 1. The van der Waals surface area contributed by atoms with Crippen molar-refractivity contribution in [2.75, 3.05) is 33.4 Å². The Hall–Kier alpha value is -1.55. The van der Waals surface area contributed by atoms with Crippen LogP contribution in [-0.2, 0) is 9.53 Å². The Balaban J connectivity index is 1.89. The Bertz CT molecular complexity index is 465. The van der Waals surface area contributed by atoms with Crippen LogP contribution in [0.1, 0.15) is 24.0 Å². The Labute approximate surface area is 127 Å². The van der Waals surface area contributed by atoms with Gasteiger partial charge in [-0.05, 0) is 43.7 Å². The predicted octanol–water partition coefficient (Wildman–Crippen LogP) is 2.57. The van der Waals surface area contributed by atoms with Gasteiger partial charge in [0.05, 0.1) is 6.61 Å². The minimum absolute atomic E-state index is 0.0680. The van der Waals surface area contributed by atoms with Gasteiger partial charge in [0.15, 0.2) is 6.61 Å². The Morgan fingerprint density at radius 3 is 2.71 bits per heavy atom. The SMILES string of the molecule is COCC1CCCN(C(=O)COc2c(C)cccc2C)C1. The van der Waals surface area contributed by atoms with Gasteiger partial charge in [-0.2, -0.15) is 0 Å². The van der Waals surface area contributed by atoms with Gasteiger partial charge in [-0.1, -0.05) is 18.2 Å². The third-order valence-corrected chi connectivity index (χ3v) is 4.02. The zero-order valence-electron chi connectivity index (χ0n) is 13.2. The number of hydrogen-bond donors (Lipinski definition) is 0. The number of nitrogens with zero attached hydrogens (tertiary/aromatic N) is 1. The number of methoxy groups -OCH3 is 1. The molecule has 1 aliphatic rings. The van der Waals surface area contributed by atoms with E-state index in [1.165, 1.54) is 0 Å². The number of hydrogen-bond acceptors (Lipinski definition) is 3. The lowest BCUT2D eigenvalue weighted by atomic mass is 9.99. The third kappa shape index (κ3) is 4.21. The number of para-hydroxylation sites is 1. The van der Waals surface area contributed by atoms with Crippen molar-refractivity contribution in [1.82, 2.24) is 4.90 Å². The van der Waals surface area contributed by atoms with Crippen LogP contribution >= 0.6 is 0 Å². The van der Waals surface area contributed by atoms with Gasteiger partial charge in [-0.25, -0.2) is 0 Å². The van der Waals surface area contributed by atoms with Crippen molar-refractivity contribution < 1.29 is 14.3 Å². The summed E-state index contributed by atoms with van der Waals surface area (Å²) in [6.45, 7) is 6.45. The Morgan fingerprint density at radius 1 is 1.33 bits per heavy atom. The summed E-state index contributed by atoms with van der Waals surface area (Å²) in [4.78, 5) is 14.2. The number of benzene rings is 1. The van der Waals surface area contributed by atoms with Crippen LogP contribution in [0.15, 0.2) is 18.2 Å². The molecule has 0 bridgehead atoms. The maximum absolute atomic E-state index is 12.3. The van der Waals surface area contributed by atoms with Crippen molar-refractivity contribution >= 4 is 5.91 Å². The fourth-order valence-electron chi connectivity index (χ4n) is 2.92. The molecule has 21 heavy (non-hydrogen) atoms. The van der Waals surface area contributed by atoms with Gasteiger partial charge in [0.1, 0.15) is 5.75 Å². The van der Waals surface area contributed by atoms with E-state index < -0.39 is 0 Å². The molecule has 1 fully saturated rings. The number of amides is 1. The molecule has 0 spiro atoms. The van der Waals surface area contributed by atoms with Crippen molar-refractivity contribution in [3.05, 3.63) is 29.3 Å². The zero-order chi connectivity index (χ0) is 15.2. The average molecular weight is 291 g/mol. The van der Waals surface area contributed by atoms with E-state index in [0.717, 1.165) is 49.4 Å². The molecule has 1 aromatic rings. The first-order valence-corrected chi connectivity index (χ1v) is 7.57. The minimum Gasteiger partial charge on any atom is -0.483 e. The van der Waals surface area contributed by atoms with Crippen LogP contribution in [0, 0.1) is 19.8 Å². The van der Waals surface area contributed by atoms with Gasteiger partial charge < -0.3 is 14.4 Å². The van der Waals surface area contributed by atoms with Crippen molar-refractivity contribution in [2.45, 2.75) is 26.7 Å². The topological polar surface area (TPSA) is 38.8 Å². The van der Waals surface area contributed by atoms with E-state index in [0.29, 0.717) is 5.92 Å². The van der Waals surface area contributed by atoms with E-state index in [1.54, 1.807) is 7.11 Å². The van der Waals surface area contributed by atoms with Crippen LogP contribution in [0.2, 0.25) is 0 Å². The van der Waals surface area contributed by atoms with Gasteiger partial charge in [0.25, 0.3) is 5.91 Å². The molecule has 1 saturated heterocycles. The molecule has 0 aromatic heterocycles. The summed E-state index contributed by atoms with van der Waals surface area (Å²) >= 11 is 0. The number of carbonyl (C=O) groups excluding carboxylic acids is 1. The molecule has 116 valence electrons. The molecular weight excluding hydrogens is 266 g/mol. The molecule has 1 unspecified atom stereocenters. The van der Waals surface area contributed by atoms with Gasteiger partial charge in [-0.15, -0.1) is 0 Å². The van der Waals surface area contributed by atoms with Crippen LogP contribution in [0.3, 0.4) is 0 Å². The predicted molar refractivity (Wildman–Crippen MR) is 82.6 cm³/mol. The maximum Gasteiger partial charge on any atom is 0.260 e. The maximum atomic E-state index is 12.3. The highest BCUT2D eigenvalue weighted by molar-refractivity contribution is 5.78. The highest BCUT2D eigenvalue weighted by Gasteiger charge is 2.24. The first-order valence-electron chi connectivity index (χ1n) is 7.57. The molecule has 1 aromatic carbocycles. The van der Waals surface area contributed by atoms with E-state index in [1.807, 2.05) is 36.9 Å². The third-order valence-electron chi connectivity index (χ3n) is 4.02. The van der Waals surface area contributed by atoms with Crippen LogP contribution < -0.4 is 4.74 Å². The minimum atomic E-state index is 0.0680.